The Labute approximate surface area is 176 Å². The fourth-order valence-electron chi connectivity index (χ4n) is 2.87. The van der Waals surface area contributed by atoms with Crippen LogP contribution in [0.1, 0.15) is 35.7 Å². The molecule has 3 aromatic rings. The first-order valence-electron chi connectivity index (χ1n) is 9.67. The minimum Gasteiger partial charge on any atom is -0.322 e. The van der Waals surface area contributed by atoms with Gasteiger partial charge in [0.2, 0.25) is 0 Å². The molecule has 156 valence electrons. The molecule has 0 saturated carbocycles. The smallest absolute Gasteiger partial charge is 0.261 e. The minimum atomic E-state index is -3.97. The quantitative estimate of drug-likeness (QED) is 0.518. The van der Waals surface area contributed by atoms with E-state index in [1.165, 1.54) is 54.1 Å². The number of halogens is 1. The van der Waals surface area contributed by atoms with E-state index in [1.54, 1.807) is 0 Å². The molecule has 0 heterocycles. The third kappa shape index (κ3) is 5.45. The van der Waals surface area contributed by atoms with Gasteiger partial charge in [0.1, 0.15) is 5.82 Å². The number of nitrogens with one attached hydrogen (secondary N) is 2. The first-order valence-corrected chi connectivity index (χ1v) is 11.1. The van der Waals surface area contributed by atoms with Gasteiger partial charge < -0.3 is 5.32 Å². The van der Waals surface area contributed by atoms with Gasteiger partial charge in [-0.1, -0.05) is 37.6 Å². The summed E-state index contributed by atoms with van der Waals surface area (Å²) in [5, 5.41) is 2.79. The Balaban J connectivity index is 1.67. The van der Waals surface area contributed by atoms with Crippen molar-refractivity contribution in [2.45, 2.75) is 31.1 Å². The van der Waals surface area contributed by atoms with Crippen LogP contribution >= 0.6 is 0 Å². The van der Waals surface area contributed by atoms with E-state index in [0.717, 1.165) is 19.3 Å². The predicted octanol–water partition coefficient (Wildman–Crippen LogP) is 5.22. The second-order valence-electron chi connectivity index (χ2n) is 6.86. The van der Waals surface area contributed by atoms with Crippen molar-refractivity contribution >= 4 is 27.3 Å². The van der Waals surface area contributed by atoms with Crippen molar-refractivity contribution < 1.29 is 17.6 Å². The van der Waals surface area contributed by atoms with Crippen LogP contribution in [0.25, 0.3) is 0 Å². The van der Waals surface area contributed by atoms with E-state index in [2.05, 4.69) is 17.0 Å². The number of aryl methyl sites for hydroxylation is 1. The lowest BCUT2D eigenvalue weighted by Crippen LogP contribution is -2.15. The lowest BCUT2D eigenvalue weighted by atomic mass is 10.1. The lowest BCUT2D eigenvalue weighted by molar-refractivity contribution is 0.102. The summed E-state index contributed by atoms with van der Waals surface area (Å²) in [6.07, 6.45) is 3.24. The molecular formula is C23H23FN2O3S. The number of benzene rings is 3. The van der Waals surface area contributed by atoms with Crippen LogP contribution in [0.15, 0.2) is 77.7 Å². The topological polar surface area (TPSA) is 75.3 Å². The molecule has 0 atom stereocenters. The maximum absolute atomic E-state index is 13.7. The van der Waals surface area contributed by atoms with Gasteiger partial charge in [-0.05, 0) is 66.9 Å². The molecule has 0 bridgehead atoms. The highest BCUT2D eigenvalue weighted by Crippen LogP contribution is 2.20. The Bertz CT molecular complexity index is 1110. The second-order valence-corrected chi connectivity index (χ2v) is 8.55. The summed E-state index contributed by atoms with van der Waals surface area (Å²) in [4.78, 5) is 12.4. The van der Waals surface area contributed by atoms with Crippen LogP contribution in [0.5, 0.6) is 0 Å². The summed E-state index contributed by atoms with van der Waals surface area (Å²) < 4.78 is 40.8. The zero-order valence-corrected chi connectivity index (χ0v) is 17.4. The number of sulfonamides is 1. The van der Waals surface area contributed by atoms with Gasteiger partial charge in [-0.25, -0.2) is 12.8 Å². The Hall–Kier alpha value is -3.19. The maximum atomic E-state index is 13.7. The van der Waals surface area contributed by atoms with Gasteiger partial charge in [0.05, 0.1) is 10.6 Å². The van der Waals surface area contributed by atoms with E-state index in [1.807, 2.05) is 24.3 Å². The summed E-state index contributed by atoms with van der Waals surface area (Å²) in [6, 6.07) is 18.6. The Morgan fingerprint density at radius 1 is 0.933 bits per heavy atom. The molecule has 3 rings (SSSR count). The van der Waals surface area contributed by atoms with Crippen LogP contribution in [0.2, 0.25) is 0 Å². The number of hydrogen-bond donors (Lipinski definition) is 2. The zero-order chi connectivity index (χ0) is 21.6. The summed E-state index contributed by atoms with van der Waals surface area (Å²) in [5.74, 6) is -1.01. The number of carbonyl (C=O) groups excluding carboxylic acids is 1. The average Bonchev–Trinajstić information content (AvgIpc) is 2.75. The van der Waals surface area contributed by atoms with E-state index in [9.17, 15) is 17.6 Å². The number of hydrogen-bond acceptors (Lipinski definition) is 3. The number of rotatable bonds is 8. The van der Waals surface area contributed by atoms with E-state index in [-0.39, 0.29) is 16.5 Å². The highest BCUT2D eigenvalue weighted by molar-refractivity contribution is 7.92. The van der Waals surface area contributed by atoms with Crippen molar-refractivity contribution in [2.75, 3.05) is 10.0 Å². The van der Waals surface area contributed by atoms with Crippen molar-refractivity contribution in [3.63, 3.8) is 0 Å². The molecular weight excluding hydrogens is 403 g/mol. The zero-order valence-electron chi connectivity index (χ0n) is 16.6. The molecule has 1 amide bonds. The summed E-state index contributed by atoms with van der Waals surface area (Å²) in [5.41, 5.74) is 2.06. The van der Waals surface area contributed by atoms with Crippen LogP contribution in [-0.4, -0.2) is 14.3 Å². The molecule has 0 aliphatic rings. The van der Waals surface area contributed by atoms with Gasteiger partial charge in [0.15, 0.2) is 0 Å². The highest BCUT2D eigenvalue weighted by Gasteiger charge is 2.17. The molecule has 0 aliphatic heterocycles. The molecule has 3 aromatic carbocycles. The molecule has 0 aliphatic carbocycles. The third-order valence-electron chi connectivity index (χ3n) is 4.58. The third-order valence-corrected chi connectivity index (χ3v) is 5.96. The molecule has 0 spiro atoms. The van der Waals surface area contributed by atoms with E-state index in [0.29, 0.717) is 11.3 Å². The molecule has 0 fully saturated rings. The molecule has 5 nitrogen and oxygen atoms in total. The molecule has 30 heavy (non-hydrogen) atoms. The highest BCUT2D eigenvalue weighted by atomic mass is 32.2. The van der Waals surface area contributed by atoms with E-state index in [4.69, 9.17) is 0 Å². The molecule has 0 radical (unpaired) electrons. The van der Waals surface area contributed by atoms with Gasteiger partial charge in [0.25, 0.3) is 15.9 Å². The Kier molecular flexibility index (Phi) is 6.84. The molecule has 0 saturated heterocycles. The minimum absolute atomic E-state index is 0.0671. The summed E-state index contributed by atoms with van der Waals surface area (Å²) >= 11 is 0. The van der Waals surface area contributed by atoms with E-state index >= 15 is 0 Å². The maximum Gasteiger partial charge on any atom is 0.261 e. The van der Waals surface area contributed by atoms with Crippen molar-refractivity contribution in [1.29, 1.82) is 0 Å². The van der Waals surface area contributed by atoms with Gasteiger partial charge in [-0.15, -0.1) is 0 Å². The second kappa shape index (κ2) is 9.54. The fraction of sp³-hybridized carbons (Fsp3) is 0.174. The molecule has 7 heteroatoms. The Morgan fingerprint density at radius 2 is 1.60 bits per heavy atom. The number of anilines is 2. The molecule has 2 N–H and O–H groups in total. The van der Waals surface area contributed by atoms with Crippen LogP contribution in [0, 0.1) is 5.82 Å². The summed E-state index contributed by atoms with van der Waals surface area (Å²) in [7, 11) is -3.97. The van der Waals surface area contributed by atoms with Gasteiger partial charge in [-0.3, -0.25) is 9.52 Å². The van der Waals surface area contributed by atoms with Crippen molar-refractivity contribution in [1.82, 2.24) is 0 Å². The van der Waals surface area contributed by atoms with Gasteiger partial charge in [-0.2, -0.15) is 0 Å². The normalized spacial score (nSPS) is 11.1. The monoisotopic (exact) mass is 426 g/mol. The van der Waals surface area contributed by atoms with Crippen LogP contribution in [0.4, 0.5) is 15.8 Å². The standard InChI is InChI=1S/C23H23FN2O3S/c1-2-3-6-17-9-13-19(14-10-17)25-23(27)18-11-15-20(16-12-18)30(28,29)26-22-8-5-4-7-21(22)24/h4-5,7-16,26H,2-3,6H2,1H3,(H,25,27). The van der Waals surface area contributed by atoms with Crippen molar-refractivity contribution in [2.24, 2.45) is 0 Å². The largest absolute Gasteiger partial charge is 0.322 e. The number of para-hydroxylation sites is 1. The molecule has 0 aromatic heterocycles. The molecule has 0 unspecified atom stereocenters. The summed E-state index contributed by atoms with van der Waals surface area (Å²) in [6.45, 7) is 2.14. The average molecular weight is 427 g/mol. The van der Waals surface area contributed by atoms with Crippen molar-refractivity contribution in [3.8, 4) is 0 Å². The number of carbonyl (C=O) groups is 1. The predicted molar refractivity (Wildman–Crippen MR) is 117 cm³/mol. The van der Waals surface area contributed by atoms with Crippen molar-refractivity contribution in [3.05, 3.63) is 89.7 Å². The lowest BCUT2D eigenvalue weighted by Gasteiger charge is -2.10. The fourth-order valence-corrected chi connectivity index (χ4v) is 3.94. The van der Waals surface area contributed by atoms with Crippen LogP contribution in [-0.2, 0) is 16.4 Å². The number of unbranched alkanes of at least 4 members (excludes halogenated alkanes) is 1. The van der Waals surface area contributed by atoms with Gasteiger partial charge in [0, 0.05) is 11.3 Å². The first kappa shape index (κ1) is 21.5. The van der Waals surface area contributed by atoms with Crippen LogP contribution < -0.4 is 10.0 Å². The van der Waals surface area contributed by atoms with Gasteiger partial charge >= 0.3 is 0 Å². The number of amides is 1. The van der Waals surface area contributed by atoms with Crippen LogP contribution in [0.3, 0.4) is 0 Å². The Morgan fingerprint density at radius 3 is 2.23 bits per heavy atom. The van der Waals surface area contributed by atoms with E-state index < -0.39 is 15.8 Å². The SMILES string of the molecule is CCCCc1ccc(NC(=O)c2ccc(S(=O)(=O)Nc3ccccc3F)cc2)cc1. The first-order chi connectivity index (χ1) is 14.4.